The molecule has 0 bridgehead atoms. The van der Waals surface area contributed by atoms with E-state index in [1.54, 1.807) is 42.3 Å². The summed E-state index contributed by atoms with van der Waals surface area (Å²) < 4.78 is 12.6. The first-order valence-corrected chi connectivity index (χ1v) is 11.4. The minimum Gasteiger partial charge on any atom is -0.469 e. The molecule has 1 aliphatic carbocycles. The van der Waals surface area contributed by atoms with Gasteiger partial charge in [0.1, 0.15) is 11.5 Å². The van der Waals surface area contributed by atoms with Gasteiger partial charge in [-0.25, -0.2) is 4.79 Å². The summed E-state index contributed by atoms with van der Waals surface area (Å²) in [7, 11) is -0.939. The Morgan fingerprint density at radius 3 is 2.62 bits per heavy atom. The number of carbonyl (C=O) groups is 2. The van der Waals surface area contributed by atoms with Crippen LogP contribution in [0.4, 0.5) is 5.69 Å². The van der Waals surface area contributed by atoms with Crippen LogP contribution in [0.3, 0.4) is 0 Å². The molecule has 2 atom stereocenters. The van der Waals surface area contributed by atoms with Crippen LogP contribution in [0.25, 0.3) is 0 Å². The molecule has 1 aromatic carbocycles. The van der Waals surface area contributed by atoms with Gasteiger partial charge in [-0.2, -0.15) is 0 Å². The van der Waals surface area contributed by atoms with E-state index in [1.165, 1.54) is 12.1 Å². The highest BCUT2D eigenvalue weighted by Gasteiger charge is 2.37. The van der Waals surface area contributed by atoms with Crippen LogP contribution >= 0.6 is 10.7 Å². The maximum atomic E-state index is 13.1. The zero-order valence-corrected chi connectivity index (χ0v) is 18.5. The van der Waals surface area contributed by atoms with Crippen molar-refractivity contribution in [3.63, 3.8) is 0 Å². The van der Waals surface area contributed by atoms with E-state index in [9.17, 15) is 19.7 Å². The quantitative estimate of drug-likeness (QED) is 0.227. The Balaban J connectivity index is 1.87. The lowest BCUT2D eigenvalue weighted by Gasteiger charge is -2.23. The number of nitro groups is 1. The highest BCUT2D eigenvalue weighted by Crippen LogP contribution is 2.42. The van der Waals surface area contributed by atoms with Crippen molar-refractivity contribution in [2.75, 3.05) is 6.61 Å². The lowest BCUT2D eigenvalue weighted by Crippen LogP contribution is -2.20. The van der Waals surface area contributed by atoms with Crippen molar-refractivity contribution in [1.29, 1.82) is 0 Å². The van der Waals surface area contributed by atoms with Crippen LogP contribution < -0.4 is 0 Å². The van der Waals surface area contributed by atoms with Gasteiger partial charge < -0.3 is 9.15 Å². The molecule has 3 aromatic rings. The number of rotatable bonds is 6. The second-order valence-corrected chi connectivity index (χ2v) is 9.04. The third kappa shape index (κ3) is 3.69. The molecule has 9 heteroatoms. The number of furan rings is 1. The minimum atomic E-state index is -0.939. The van der Waals surface area contributed by atoms with Gasteiger partial charge in [-0.15, -0.1) is 0 Å². The molecule has 0 radical (unpaired) electrons. The number of fused-ring (bicyclic) bond motifs is 1. The van der Waals surface area contributed by atoms with E-state index in [1.807, 2.05) is 6.07 Å². The number of ketones is 1. The number of hydrogen-bond donors (Lipinski definition) is 0. The molecule has 32 heavy (non-hydrogen) atoms. The zero-order valence-electron chi connectivity index (χ0n) is 17.7. The van der Waals surface area contributed by atoms with Gasteiger partial charge in [-0.3, -0.25) is 18.9 Å². The maximum absolute atomic E-state index is 13.1. The molecule has 2 unspecified atom stereocenters. The van der Waals surface area contributed by atoms with Gasteiger partial charge in [0, 0.05) is 40.6 Å². The third-order valence-electron chi connectivity index (χ3n) is 5.57. The number of benzene rings is 1. The summed E-state index contributed by atoms with van der Waals surface area (Å²) in [6.07, 6.45) is 2.36. The Morgan fingerprint density at radius 2 is 2.03 bits per heavy atom. The molecular weight excluding hydrogens is 432 g/mol. The van der Waals surface area contributed by atoms with Crippen LogP contribution in [0.5, 0.6) is 0 Å². The van der Waals surface area contributed by atoms with Crippen molar-refractivity contribution in [3.05, 3.63) is 81.1 Å². The number of carbonyl (C=O) groups excluding carboxylic acids is 2. The first kappa shape index (κ1) is 21.8. The Hall–Kier alpha value is -3.46. The van der Waals surface area contributed by atoms with E-state index in [0.717, 1.165) is 0 Å². The Labute approximate surface area is 187 Å². The highest BCUT2D eigenvalue weighted by atomic mass is 32.2. The van der Waals surface area contributed by atoms with Crippen molar-refractivity contribution < 1.29 is 23.7 Å². The Bertz CT molecular complexity index is 1220. The fraction of sp³-hybridized carbons (Fsp3) is 0.261. The van der Waals surface area contributed by atoms with Crippen LogP contribution in [0.1, 0.15) is 57.1 Å². The molecule has 2 heterocycles. The number of ether oxygens (including phenoxy) is 1. The van der Waals surface area contributed by atoms with Gasteiger partial charge in [0.2, 0.25) is 0 Å². The van der Waals surface area contributed by atoms with Crippen molar-refractivity contribution in [2.24, 2.45) is 0 Å². The molecule has 0 fully saturated rings. The molecule has 0 spiro atoms. The third-order valence-corrected chi connectivity index (χ3v) is 7.23. The van der Waals surface area contributed by atoms with E-state index in [2.05, 4.69) is 5.87 Å². The van der Waals surface area contributed by atoms with Gasteiger partial charge in [0.05, 0.1) is 17.8 Å². The maximum Gasteiger partial charge on any atom is 0.356 e. The summed E-state index contributed by atoms with van der Waals surface area (Å²) in [5, 5.41) is 11.0. The molecule has 0 amide bonds. The Morgan fingerprint density at radius 1 is 1.31 bits per heavy atom. The number of Topliss-reactive ketones (excluding diaryl/α,β-unsaturated/α-hetero) is 1. The van der Waals surface area contributed by atoms with Gasteiger partial charge in [0.25, 0.3) is 5.69 Å². The molecular formula is C23H22N2O6S. The number of esters is 1. The topological polar surface area (TPSA) is 105 Å². The van der Waals surface area contributed by atoms with E-state index >= 15 is 0 Å². The van der Waals surface area contributed by atoms with Crippen molar-refractivity contribution >= 4 is 34.0 Å². The fourth-order valence-electron chi connectivity index (χ4n) is 4.14. The minimum absolute atomic E-state index is 0.0323. The second kappa shape index (κ2) is 8.58. The first-order chi connectivity index (χ1) is 15.3. The van der Waals surface area contributed by atoms with Crippen molar-refractivity contribution in [3.8, 4) is 0 Å². The van der Waals surface area contributed by atoms with Gasteiger partial charge >= 0.3 is 5.97 Å². The summed E-state index contributed by atoms with van der Waals surface area (Å²) >= 11 is 0. The normalized spacial score (nSPS) is 16.4. The van der Waals surface area contributed by atoms with Crippen LogP contribution in [-0.2, 0) is 11.2 Å². The van der Waals surface area contributed by atoms with E-state index in [0.29, 0.717) is 39.6 Å². The molecule has 1 aliphatic rings. The van der Waals surface area contributed by atoms with E-state index in [-0.39, 0.29) is 30.4 Å². The van der Waals surface area contributed by atoms with Crippen molar-refractivity contribution in [1.82, 2.24) is 3.97 Å². The van der Waals surface area contributed by atoms with Crippen LogP contribution in [0.15, 0.2) is 52.0 Å². The van der Waals surface area contributed by atoms with Gasteiger partial charge in [-0.1, -0.05) is 16.5 Å². The Kier molecular flexibility index (Phi) is 5.84. The molecule has 0 saturated heterocycles. The standard InChI is InChI=1S/C23H22N2O6S/c1-4-30-23(27)22-14(2)21-18(12-15(13-19(21)26)20-6-5-11-31-20)24(22)32(3)17-9-7-16(8-10-17)25(28)29/h5-11,15H,3-4,12-13H2,1-2H3. The number of hydrogen-bond acceptors (Lipinski definition) is 6. The molecule has 166 valence electrons. The molecule has 2 aromatic heterocycles. The molecule has 8 nitrogen and oxygen atoms in total. The number of non-ortho nitro benzene ring substituents is 1. The lowest BCUT2D eigenvalue weighted by molar-refractivity contribution is -0.384. The van der Waals surface area contributed by atoms with E-state index < -0.39 is 21.6 Å². The average molecular weight is 455 g/mol. The van der Waals surface area contributed by atoms with Crippen LogP contribution in [0, 0.1) is 17.0 Å². The molecule has 0 aliphatic heterocycles. The number of nitro benzene ring substituents is 1. The molecule has 0 saturated carbocycles. The average Bonchev–Trinajstić information content (AvgIpc) is 3.40. The second-order valence-electron chi connectivity index (χ2n) is 7.47. The zero-order chi connectivity index (χ0) is 23.0. The summed E-state index contributed by atoms with van der Waals surface area (Å²) in [5.41, 5.74) is 2.07. The van der Waals surface area contributed by atoms with Gasteiger partial charge in [0.15, 0.2) is 5.78 Å². The highest BCUT2D eigenvalue weighted by molar-refractivity contribution is 8.12. The summed E-state index contributed by atoms with van der Waals surface area (Å²) in [4.78, 5) is 37.3. The molecule has 0 N–H and O–H groups in total. The smallest absolute Gasteiger partial charge is 0.356 e. The van der Waals surface area contributed by atoms with Crippen LogP contribution in [0.2, 0.25) is 0 Å². The lowest BCUT2D eigenvalue weighted by atomic mass is 9.84. The number of nitrogens with zero attached hydrogens (tertiary/aromatic N) is 2. The predicted molar refractivity (Wildman–Crippen MR) is 121 cm³/mol. The summed E-state index contributed by atoms with van der Waals surface area (Å²) in [6, 6.07) is 9.69. The van der Waals surface area contributed by atoms with Crippen molar-refractivity contribution in [2.45, 2.75) is 37.5 Å². The van der Waals surface area contributed by atoms with E-state index in [4.69, 9.17) is 9.15 Å². The largest absolute Gasteiger partial charge is 0.469 e. The monoisotopic (exact) mass is 454 g/mol. The van der Waals surface area contributed by atoms with Gasteiger partial charge in [-0.05, 0) is 50.1 Å². The molecule has 4 rings (SSSR count). The summed E-state index contributed by atoms with van der Waals surface area (Å²) in [5.74, 6) is 4.25. The predicted octanol–water partition coefficient (Wildman–Crippen LogP) is 4.91. The fourth-order valence-corrected chi connectivity index (χ4v) is 5.67. The SMILES string of the molecule is C=S(c1ccc([N+](=O)[O-])cc1)n1c2c(c(C)c1C(=O)OCC)C(=O)CC(c1ccco1)C2. The number of aromatic nitrogens is 1. The van der Waals surface area contributed by atoms with Crippen LogP contribution in [-0.4, -0.2) is 33.1 Å². The summed E-state index contributed by atoms with van der Waals surface area (Å²) in [6.45, 7) is 3.66. The first-order valence-electron chi connectivity index (χ1n) is 10.1.